The summed E-state index contributed by atoms with van der Waals surface area (Å²) in [6.45, 7) is 2.00. The highest BCUT2D eigenvalue weighted by molar-refractivity contribution is 8.14. The minimum Gasteiger partial charge on any atom is -0.317 e. The van der Waals surface area contributed by atoms with E-state index in [1.807, 2.05) is 61.7 Å². The number of nitrogens with one attached hydrogen (secondary N) is 1. The molecule has 1 N–H and O–H groups in total. The van der Waals surface area contributed by atoms with Gasteiger partial charge in [0.15, 0.2) is 0 Å². The highest BCUT2D eigenvalue weighted by atomic mass is 32.2. The lowest BCUT2D eigenvalue weighted by molar-refractivity contribution is 0.270. The molecule has 0 aromatic heterocycles. The molecule has 2 rings (SSSR count). The second-order valence-electron chi connectivity index (χ2n) is 4.01. The predicted molar refractivity (Wildman–Crippen MR) is 84.3 cm³/mol. The Morgan fingerprint density at radius 2 is 1.74 bits per heavy atom. The number of amides is 1. The van der Waals surface area contributed by atoms with Crippen LogP contribution in [0.15, 0.2) is 58.3 Å². The van der Waals surface area contributed by atoms with Crippen molar-refractivity contribution < 1.29 is 4.79 Å². The van der Waals surface area contributed by atoms with Crippen LogP contribution in [0.4, 0.5) is 10.5 Å². The van der Waals surface area contributed by atoms with E-state index in [0.29, 0.717) is 0 Å². The predicted octanol–water partition coefficient (Wildman–Crippen LogP) is 5.04. The van der Waals surface area contributed by atoms with Crippen molar-refractivity contribution in [2.45, 2.75) is 16.7 Å². The smallest absolute Gasteiger partial charge is 0.288 e. The van der Waals surface area contributed by atoms with Crippen molar-refractivity contribution in [3.63, 3.8) is 0 Å². The van der Waals surface area contributed by atoms with Crippen LogP contribution in [0, 0.1) is 6.92 Å². The van der Waals surface area contributed by atoms with Gasteiger partial charge in [0.05, 0.1) is 0 Å². The minimum atomic E-state index is -0.0637. The largest absolute Gasteiger partial charge is 0.317 e. The molecule has 0 fully saturated rings. The van der Waals surface area contributed by atoms with Crippen molar-refractivity contribution in [1.82, 2.24) is 0 Å². The van der Waals surface area contributed by atoms with E-state index in [0.717, 1.165) is 16.1 Å². The van der Waals surface area contributed by atoms with Crippen LogP contribution >= 0.6 is 23.5 Å². The van der Waals surface area contributed by atoms with Crippen LogP contribution in [0.1, 0.15) is 5.56 Å². The molecule has 1 amide bonds. The van der Waals surface area contributed by atoms with E-state index in [9.17, 15) is 4.79 Å². The van der Waals surface area contributed by atoms with Gasteiger partial charge in [0.25, 0.3) is 5.24 Å². The lowest BCUT2D eigenvalue weighted by atomic mass is 10.2. The Hall–Kier alpha value is -1.39. The molecule has 2 aromatic carbocycles. The number of carbonyl (C=O) groups is 1. The molecule has 0 spiro atoms. The van der Waals surface area contributed by atoms with Gasteiger partial charge in [-0.3, -0.25) is 4.79 Å². The fourth-order valence-corrected chi connectivity index (χ4v) is 2.74. The summed E-state index contributed by atoms with van der Waals surface area (Å²) >= 11 is 2.90. The Balaban J connectivity index is 1.99. The average molecular weight is 289 g/mol. The molecule has 0 atom stereocenters. The summed E-state index contributed by atoms with van der Waals surface area (Å²) in [6, 6.07) is 15.7. The van der Waals surface area contributed by atoms with Crippen molar-refractivity contribution in [3.05, 3.63) is 54.1 Å². The molecule has 0 bridgehead atoms. The topological polar surface area (TPSA) is 29.1 Å². The first-order valence-corrected chi connectivity index (χ1v) is 7.91. The summed E-state index contributed by atoms with van der Waals surface area (Å²) in [7, 11) is 0. The van der Waals surface area contributed by atoms with Gasteiger partial charge < -0.3 is 5.32 Å². The van der Waals surface area contributed by atoms with Crippen LogP contribution in [0.25, 0.3) is 0 Å². The van der Waals surface area contributed by atoms with Crippen LogP contribution in [0.5, 0.6) is 0 Å². The number of benzene rings is 2. The molecule has 98 valence electrons. The molecule has 0 radical (unpaired) electrons. The standard InChI is InChI=1S/C15H15NOS2/c1-11-5-3-4-6-14(11)19-15(17)16-12-7-9-13(18-2)10-8-12/h3-10H,1-2H3,(H,16,17). The van der Waals surface area contributed by atoms with Gasteiger partial charge in [-0.25, -0.2) is 0 Å². The SMILES string of the molecule is CSc1ccc(NC(=O)Sc2ccccc2C)cc1. The van der Waals surface area contributed by atoms with Gasteiger partial charge in [0.1, 0.15) is 0 Å². The second kappa shape index (κ2) is 6.68. The first-order chi connectivity index (χ1) is 9.19. The normalized spacial score (nSPS) is 10.2. The molecule has 0 saturated carbocycles. The zero-order valence-electron chi connectivity index (χ0n) is 10.8. The molecule has 0 saturated heterocycles. The molecule has 0 aliphatic heterocycles. The molecular weight excluding hydrogens is 274 g/mol. The van der Waals surface area contributed by atoms with Gasteiger partial charge in [-0.1, -0.05) is 18.2 Å². The van der Waals surface area contributed by atoms with E-state index < -0.39 is 0 Å². The van der Waals surface area contributed by atoms with Gasteiger partial charge in [-0.15, -0.1) is 11.8 Å². The van der Waals surface area contributed by atoms with Crippen molar-refractivity contribution in [3.8, 4) is 0 Å². The summed E-state index contributed by atoms with van der Waals surface area (Å²) in [5.41, 5.74) is 1.93. The number of thioether (sulfide) groups is 2. The number of carbonyl (C=O) groups excluding carboxylic acids is 1. The first kappa shape index (κ1) is 14.0. The summed E-state index contributed by atoms with van der Waals surface area (Å²) in [5.74, 6) is 0. The quantitative estimate of drug-likeness (QED) is 0.802. The van der Waals surface area contributed by atoms with Crippen molar-refractivity contribution in [1.29, 1.82) is 0 Å². The van der Waals surface area contributed by atoms with Gasteiger partial charge >= 0.3 is 0 Å². The molecule has 0 aliphatic rings. The zero-order chi connectivity index (χ0) is 13.7. The average Bonchev–Trinajstić information content (AvgIpc) is 2.42. The summed E-state index contributed by atoms with van der Waals surface area (Å²) in [5, 5.41) is 2.82. The third-order valence-corrected chi connectivity index (χ3v) is 4.34. The Labute approximate surface area is 122 Å². The van der Waals surface area contributed by atoms with E-state index in [1.165, 1.54) is 16.7 Å². The fraction of sp³-hybridized carbons (Fsp3) is 0.133. The zero-order valence-corrected chi connectivity index (χ0v) is 12.5. The Bertz CT molecular complexity index is 567. The number of anilines is 1. The second-order valence-corrected chi connectivity index (χ2v) is 5.90. The van der Waals surface area contributed by atoms with Crippen molar-refractivity contribution in [2.24, 2.45) is 0 Å². The van der Waals surface area contributed by atoms with E-state index in [4.69, 9.17) is 0 Å². The molecule has 19 heavy (non-hydrogen) atoms. The summed E-state index contributed by atoms with van der Waals surface area (Å²) in [4.78, 5) is 14.1. The van der Waals surface area contributed by atoms with E-state index >= 15 is 0 Å². The van der Waals surface area contributed by atoms with Crippen LogP contribution < -0.4 is 5.32 Å². The van der Waals surface area contributed by atoms with Gasteiger partial charge in [0, 0.05) is 15.5 Å². The Morgan fingerprint density at radius 1 is 1.05 bits per heavy atom. The van der Waals surface area contributed by atoms with Crippen LogP contribution in [-0.2, 0) is 0 Å². The lowest BCUT2D eigenvalue weighted by Gasteiger charge is -2.07. The van der Waals surface area contributed by atoms with E-state index in [-0.39, 0.29) is 5.24 Å². The summed E-state index contributed by atoms with van der Waals surface area (Å²) < 4.78 is 0. The maximum absolute atomic E-state index is 11.9. The minimum absolute atomic E-state index is 0.0637. The Morgan fingerprint density at radius 3 is 2.37 bits per heavy atom. The molecule has 0 unspecified atom stereocenters. The molecule has 4 heteroatoms. The maximum Gasteiger partial charge on any atom is 0.288 e. The maximum atomic E-state index is 11.9. The number of hydrogen-bond acceptors (Lipinski definition) is 3. The van der Waals surface area contributed by atoms with E-state index in [1.54, 1.807) is 11.8 Å². The molecule has 2 nitrogen and oxygen atoms in total. The van der Waals surface area contributed by atoms with Gasteiger partial charge in [-0.05, 0) is 60.8 Å². The highest BCUT2D eigenvalue weighted by Crippen LogP contribution is 2.24. The van der Waals surface area contributed by atoms with Crippen LogP contribution in [-0.4, -0.2) is 11.5 Å². The van der Waals surface area contributed by atoms with E-state index in [2.05, 4.69) is 5.32 Å². The molecule has 0 heterocycles. The van der Waals surface area contributed by atoms with Gasteiger partial charge in [-0.2, -0.15) is 0 Å². The van der Waals surface area contributed by atoms with Crippen molar-refractivity contribution in [2.75, 3.05) is 11.6 Å². The molecule has 2 aromatic rings. The third kappa shape index (κ3) is 4.04. The lowest BCUT2D eigenvalue weighted by Crippen LogP contribution is -2.04. The Kier molecular flexibility index (Phi) is 4.93. The summed E-state index contributed by atoms with van der Waals surface area (Å²) in [6.07, 6.45) is 2.03. The van der Waals surface area contributed by atoms with Crippen LogP contribution in [0.3, 0.4) is 0 Å². The van der Waals surface area contributed by atoms with Gasteiger partial charge in [0.2, 0.25) is 0 Å². The fourth-order valence-electron chi connectivity index (χ4n) is 1.59. The first-order valence-electron chi connectivity index (χ1n) is 5.87. The number of hydrogen-bond donors (Lipinski definition) is 1. The highest BCUT2D eigenvalue weighted by Gasteiger charge is 2.06. The molecular formula is C15H15NOS2. The molecule has 0 aliphatic carbocycles. The van der Waals surface area contributed by atoms with Crippen LogP contribution in [0.2, 0.25) is 0 Å². The number of aryl methyl sites for hydroxylation is 1. The monoisotopic (exact) mass is 289 g/mol. The number of rotatable bonds is 3. The third-order valence-electron chi connectivity index (χ3n) is 2.63. The van der Waals surface area contributed by atoms with Crippen molar-refractivity contribution >= 4 is 34.5 Å².